The van der Waals surface area contributed by atoms with Crippen molar-refractivity contribution in [3.8, 4) is 0 Å². The van der Waals surface area contributed by atoms with Crippen LogP contribution in [0.25, 0.3) is 0 Å². The van der Waals surface area contributed by atoms with Crippen molar-refractivity contribution in [2.24, 2.45) is 0 Å². The Morgan fingerprint density at radius 1 is 1.06 bits per heavy atom. The Labute approximate surface area is 103 Å². The molecule has 0 spiro atoms. The number of ether oxygens (including phenoxy) is 2. The highest BCUT2D eigenvalue weighted by atomic mass is 16.5. The lowest BCUT2D eigenvalue weighted by molar-refractivity contribution is -0.144. The minimum absolute atomic E-state index is 0.0659. The summed E-state index contributed by atoms with van der Waals surface area (Å²) in [5.41, 5.74) is 0. The van der Waals surface area contributed by atoms with Crippen LogP contribution < -0.4 is 0 Å². The molecule has 0 heterocycles. The third-order valence-electron chi connectivity index (χ3n) is 2.15. The van der Waals surface area contributed by atoms with Crippen LogP contribution in [0.15, 0.2) is 12.2 Å². The summed E-state index contributed by atoms with van der Waals surface area (Å²) >= 11 is 0. The highest BCUT2D eigenvalue weighted by molar-refractivity contribution is 5.91. The van der Waals surface area contributed by atoms with Crippen molar-refractivity contribution in [2.45, 2.75) is 52.6 Å². The smallest absolute Gasteiger partial charge is 0.331 e. The topological polar surface area (TPSA) is 52.6 Å². The fraction of sp³-hybridized carbons (Fsp3) is 0.692. The Hall–Kier alpha value is -1.32. The Morgan fingerprint density at radius 2 is 1.71 bits per heavy atom. The zero-order chi connectivity index (χ0) is 13.1. The molecule has 0 aromatic heterocycles. The van der Waals surface area contributed by atoms with Gasteiger partial charge in [0.2, 0.25) is 0 Å². The van der Waals surface area contributed by atoms with Crippen LogP contribution in [0, 0.1) is 0 Å². The van der Waals surface area contributed by atoms with Gasteiger partial charge in [-0.05, 0) is 19.3 Å². The molecule has 0 rings (SSSR count). The number of hydrogen-bond acceptors (Lipinski definition) is 4. The lowest BCUT2D eigenvalue weighted by atomic mass is 10.2. The van der Waals surface area contributed by atoms with Crippen molar-refractivity contribution >= 4 is 11.9 Å². The molecule has 0 bridgehead atoms. The second kappa shape index (κ2) is 9.87. The van der Waals surface area contributed by atoms with E-state index in [1.165, 1.54) is 0 Å². The van der Waals surface area contributed by atoms with E-state index in [1.807, 2.05) is 20.8 Å². The van der Waals surface area contributed by atoms with Crippen molar-refractivity contribution < 1.29 is 19.1 Å². The average Bonchev–Trinajstić information content (AvgIpc) is 2.33. The number of carbonyl (C=O) groups is 2. The highest BCUT2D eigenvalue weighted by Crippen LogP contribution is 2.06. The highest BCUT2D eigenvalue weighted by Gasteiger charge is 2.09. The van der Waals surface area contributed by atoms with Crippen LogP contribution in [-0.2, 0) is 19.1 Å². The average molecular weight is 242 g/mol. The molecule has 0 aliphatic rings. The maximum absolute atomic E-state index is 11.3. The van der Waals surface area contributed by atoms with Gasteiger partial charge in [0.05, 0.1) is 6.61 Å². The van der Waals surface area contributed by atoms with Crippen molar-refractivity contribution in [1.29, 1.82) is 0 Å². The molecule has 0 aliphatic heterocycles. The minimum atomic E-state index is -0.507. The first-order valence-electron chi connectivity index (χ1n) is 6.19. The molecule has 0 saturated carbocycles. The number of carbonyl (C=O) groups excluding carboxylic acids is 2. The van der Waals surface area contributed by atoms with Crippen LogP contribution in [0.4, 0.5) is 0 Å². The van der Waals surface area contributed by atoms with Crippen LogP contribution >= 0.6 is 0 Å². The maximum atomic E-state index is 11.3. The van der Waals surface area contributed by atoms with Gasteiger partial charge in [0.25, 0.3) is 0 Å². The molecule has 0 N–H and O–H groups in total. The van der Waals surface area contributed by atoms with Gasteiger partial charge in [-0.2, -0.15) is 0 Å². The monoisotopic (exact) mass is 242 g/mol. The summed E-state index contributed by atoms with van der Waals surface area (Å²) in [5, 5.41) is 0. The van der Waals surface area contributed by atoms with Crippen molar-refractivity contribution in [3.05, 3.63) is 12.2 Å². The van der Waals surface area contributed by atoms with Gasteiger partial charge < -0.3 is 9.47 Å². The lowest BCUT2D eigenvalue weighted by Crippen LogP contribution is -2.15. The molecule has 0 fully saturated rings. The zero-order valence-corrected chi connectivity index (χ0v) is 10.9. The Morgan fingerprint density at radius 3 is 2.24 bits per heavy atom. The molecular weight excluding hydrogens is 220 g/mol. The van der Waals surface area contributed by atoms with E-state index in [-0.39, 0.29) is 6.10 Å². The van der Waals surface area contributed by atoms with E-state index in [2.05, 4.69) is 0 Å². The largest absolute Gasteiger partial charge is 0.463 e. The predicted molar refractivity (Wildman–Crippen MR) is 65.5 cm³/mol. The van der Waals surface area contributed by atoms with Crippen molar-refractivity contribution in [1.82, 2.24) is 0 Å². The lowest BCUT2D eigenvalue weighted by Gasteiger charge is -2.13. The molecule has 0 aromatic rings. The molecule has 0 saturated heterocycles. The van der Waals surface area contributed by atoms with Gasteiger partial charge in [-0.15, -0.1) is 0 Å². The molecular formula is C13H22O4. The van der Waals surface area contributed by atoms with Gasteiger partial charge in [0.1, 0.15) is 6.10 Å². The molecule has 98 valence electrons. The molecule has 4 nitrogen and oxygen atoms in total. The molecule has 0 amide bonds. The van der Waals surface area contributed by atoms with Crippen LogP contribution in [0.3, 0.4) is 0 Å². The standard InChI is InChI=1S/C13H22O4/c1-4-7-11(6-3)17-13(15)9-8-12(14)16-10-5-2/h8-9,11H,4-7,10H2,1-3H3/b9-8+. The Bertz CT molecular complexity index is 258. The summed E-state index contributed by atoms with van der Waals surface area (Å²) in [6, 6.07) is 0. The quantitative estimate of drug-likeness (QED) is 0.485. The van der Waals surface area contributed by atoms with Gasteiger partial charge >= 0.3 is 11.9 Å². The van der Waals surface area contributed by atoms with Crippen molar-refractivity contribution in [3.63, 3.8) is 0 Å². The first-order valence-corrected chi connectivity index (χ1v) is 6.19. The third kappa shape index (κ3) is 8.48. The zero-order valence-electron chi connectivity index (χ0n) is 10.9. The summed E-state index contributed by atoms with van der Waals surface area (Å²) in [7, 11) is 0. The fourth-order valence-electron chi connectivity index (χ4n) is 1.26. The molecule has 17 heavy (non-hydrogen) atoms. The summed E-state index contributed by atoms with van der Waals surface area (Å²) in [4.78, 5) is 22.4. The van der Waals surface area contributed by atoms with E-state index in [9.17, 15) is 9.59 Å². The number of rotatable bonds is 8. The first kappa shape index (κ1) is 15.7. The van der Waals surface area contributed by atoms with Gasteiger partial charge in [-0.1, -0.05) is 27.2 Å². The summed E-state index contributed by atoms with van der Waals surface area (Å²) in [6.45, 7) is 6.27. The number of esters is 2. The second-order valence-electron chi connectivity index (χ2n) is 3.76. The van der Waals surface area contributed by atoms with Crippen LogP contribution in [-0.4, -0.2) is 24.6 Å². The van der Waals surface area contributed by atoms with E-state index in [0.29, 0.717) is 6.61 Å². The molecule has 4 heteroatoms. The molecule has 0 radical (unpaired) electrons. The third-order valence-corrected chi connectivity index (χ3v) is 2.15. The molecule has 0 aromatic carbocycles. The summed E-state index contributed by atoms with van der Waals surface area (Å²) in [5.74, 6) is -0.994. The van der Waals surface area contributed by atoms with E-state index in [4.69, 9.17) is 9.47 Å². The van der Waals surface area contributed by atoms with Crippen molar-refractivity contribution in [2.75, 3.05) is 6.61 Å². The van der Waals surface area contributed by atoms with Gasteiger partial charge in [0, 0.05) is 12.2 Å². The Balaban J connectivity index is 3.98. The minimum Gasteiger partial charge on any atom is -0.463 e. The Kier molecular flexibility index (Phi) is 9.11. The molecule has 0 aliphatic carbocycles. The van der Waals surface area contributed by atoms with Crippen LogP contribution in [0.2, 0.25) is 0 Å². The van der Waals surface area contributed by atoms with Gasteiger partial charge in [-0.3, -0.25) is 0 Å². The van der Waals surface area contributed by atoms with Crippen LogP contribution in [0.5, 0.6) is 0 Å². The summed E-state index contributed by atoms with van der Waals surface area (Å²) in [6.07, 6.45) is 5.52. The predicted octanol–water partition coefficient (Wildman–Crippen LogP) is 2.62. The normalized spacial score (nSPS) is 12.4. The number of hydrogen-bond donors (Lipinski definition) is 0. The van der Waals surface area contributed by atoms with Gasteiger partial charge in [0.15, 0.2) is 0 Å². The maximum Gasteiger partial charge on any atom is 0.331 e. The van der Waals surface area contributed by atoms with Crippen LogP contribution in [0.1, 0.15) is 46.5 Å². The van der Waals surface area contributed by atoms with E-state index in [1.54, 1.807) is 0 Å². The van der Waals surface area contributed by atoms with E-state index >= 15 is 0 Å². The van der Waals surface area contributed by atoms with E-state index < -0.39 is 11.9 Å². The first-order chi connectivity index (χ1) is 8.13. The SMILES string of the molecule is CCCOC(=O)/C=C/C(=O)OC(CC)CCC. The summed E-state index contributed by atoms with van der Waals surface area (Å²) < 4.78 is 9.95. The second-order valence-corrected chi connectivity index (χ2v) is 3.76. The van der Waals surface area contributed by atoms with Gasteiger partial charge in [-0.25, -0.2) is 9.59 Å². The van der Waals surface area contributed by atoms with E-state index in [0.717, 1.165) is 37.8 Å². The molecule has 1 atom stereocenters. The molecule has 1 unspecified atom stereocenters. The fourth-order valence-corrected chi connectivity index (χ4v) is 1.26.